The molecule has 0 saturated heterocycles. The smallest absolute Gasteiger partial charge is 0.305 e. The molecule has 0 atom stereocenters. The van der Waals surface area contributed by atoms with Crippen molar-refractivity contribution in [3.63, 3.8) is 0 Å². The predicted octanol–water partition coefficient (Wildman–Crippen LogP) is -1.74. The first-order valence-electron chi connectivity index (χ1n) is 20.7. The highest BCUT2D eigenvalue weighted by Gasteiger charge is 2.25. The lowest BCUT2D eigenvalue weighted by Gasteiger charge is -2.24. The molecule has 0 bridgehead atoms. The van der Waals surface area contributed by atoms with Crippen LogP contribution in [0.3, 0.4) is 0 Å². The molecule has 0 aromatic carbocycles. The summed E-state index contributed by atoms with van der Waals surface area (Å²) in [6, 6.07) is 0. The second kappa shape index (κ2) is 39.7. The van der Waals surface area contributed by atoms with Crippen LogP contribution in [0.25, 0.3) is 0 Å². The molecule has 0 unspecified atom stereocenters. The lowest BCUT2D eigenvalue weighted by atomic mass is 10.3. The first kappa shape index (κ1) is 55.8. The van der Waals surface area contributed by atoms with Gasteiger partial charge in [0.05, 0.1) is 145 Å². The minimum atomic E-state index is -0.941. The number of carbonyl (C=O) groups excluding carboxylic acids is 5. The van der Waals surface area contributed by atoms with Crippen LogP contribution in [0.15, 0.2) is 12.2 Å². The summed E-state index contributed by atoms with van der Waals surface area (Å²) in [5.74, 6) is -3.45. The Balaban J connectivity index is 2.08. The number of nitrogens with zero attached hydrogens (tertiary/aromatic N) is 2. The molecule has 5 amide bonds. The van der Waals surface area contributed by atoms with E-state index in [1.54, 1.807) is 4.90 Å². The summed E-state index contributed by atoms with van der Waals surface area (Å²) in [5.41, 5.74) is 0. The van der Waals surface area contributed by atoms with Gasteiger partial charge in [-0.1, -0.05) is 0 Å². The Kier molecular flexibility index (Phi) is 35.7. The molecule has 0 aromatic heterocycles. The van der Waals surface area contributed by atoms with Crippen LogP contribution in [-0.2, 0) is 80.9 Å². The van der Waals surface area contributed by atoms with Crippen molar-refractivity contribution in [2.75, 3.05) is 165 Å². The third kappa shape index (κ3) is 34.4. The van der Waals surface area contributed by atoms with Crippen molar-refractivity contribution in [1.29, 1.82) is 0 Å². The number of hydrogen-bond acceptors (Lipinski definition) is 17. The SMILES string of the molecule is O=C(O)CCOCCNC(=O)CCOCCOCCOCCOCCN(CCOCCOCCOCCOCCC(=O)NCCOCCC(=O)O)C(=O)CCN1C(=O)C=CC1=O. The van der Waals surface area contributed by atoms with Crippen LogP contribution in [-0.4, -0.2) is 226 Å². The zero-order valence-corrected chi connectivity index (χ0v) is 35.6. The number of carboxylic acids is 2. The number of nitrogens with one attached hydrogen (secondary N) is 2. The monoisotopic (exact) mass is 894 g/mol. The van der Waals surface area contributed by atoms with E-state index in [4.69, 9.17) is 57.6 Å². The highest BCUT2D eigenvalue weighted by atomic mass is 16.6. The summed E-state index contributed by atoms with van der Waals surface area (Å²) in [5, 5.41) is 22.4. The number of amides is 5. The van der Waals surface area contributed by atoms with E-state index >= 15 is 0 Å². The molecule has 1 aliphatic rings. The fourth-order valence-electron chi connectivity index (χ4n) is 4.81. The largest absolute Gasteiger partial charge is 0.481 e. The second-order valence-electron chi connectivity index (χ2n) is 12.9. The van der Waals surface area contributed by atoms with Gasteiger partial charge < -0.3 is 73.1 Å². The Morgan fingerprint density at radius 2 is 0.742 bits per heavy atom. The number of aliphatic carboxylic acids is 2. The number of rotatable bonds is 45. The Hall–Kier alpha value is -4.17. The third-order valence-corrected chi connectivity index (χ3v) is 8.05. The van der Waals surface area contributed by atoms with Gasteiger partial charge in [0, 0.05) is 64.1 Å². The molecule has 1 rings (SSSR count). The maximum atomic E-state index is 13.0. The Morgan fingerprint density at radius 3 is 1.10 bits per heavy atom. The van der Waals surface area contributed by atoms with Gasteiger partial charge in [-0.25, -0.2) is 0 Å². The van der Waals surface area contributed by atoms with Gasteiger partial charge in [0.1, 0.15) is 0 Å². The molecule has 0 fully saturated rings. The summed E-state index contributed by atoms with van der Waals surface area (Å²) in [6.45, 7) is 6.42. The van der Waals surface area contributed by atoms with E-state index in [0.29, 0.717) is 66.1 Å². The normalized spacial score (nSPS) is 12.3. The second-order valence-corrected chi connectivity index (χ2v) is 12.9. The molecule has 1 heterocycles. The topological polar surface area (TPSA) is 283 Å². The van der Waals surface area contributed by atoms with E-state index in [0.717, 1.165) is 4.90 Å². The van der Waals surface area contributed by atoms with E-state index in [9.17, 15) is 33.6 Å². The van der Waals surface area contributed by atoms with Gasteiger partial charge in [0.15, 0.2) is 0 Å². The number of hydrogen-bond donors (Lipinski definition) is 4. The van der Waals surface area contributed by atoms with Crippen molar-refractivity contribution in [3.8, 4) is 0 Å². The van der Waals surface area contributed by atoms with Crippen molar-refractivity contribution >= 4 is 41.5 Å². The van der Waals surface area contributed by atoms with Crippen LogP contribution < -0.4 is 10.6 Å². The third-order valence-electron chi connectivity index (χ3n) is 8.05. The molecule has 0 spiro atoms. The van der Waals surface area contributed by atoms with E-state index in [1.807, 2.05) is 0 Å². The first-order valence-corrected chi connectivity index (χ1v) is 20.7. The number of ether oxygens (including phenoxy) is 10. The van der Waals surface area contributed by atoms with Gasteiger partial charge in [0.25, 0.3) is 11.8 Å². The molecular weight excluding hydrogens is 828 g/mol. The first-order chi connectivity index (χ1) is 30.1. The molecule has 4 N–H and O–H groups in total. The minimum Gasteiger partial charge on any atom is -0.481 e. The summed E-state index contributed by atoms with van der Waals surface area (Å²) >= 11 is 0. The average molecular weight is 895 g/mol. The highest BCUT2D eigenvalue weighted by molar-refractivity contribution is 6.13. The Bertz CT molecular complexity index is 1210. The molecule has 1 aliphatic heterocycles. The predicted molar refractivity (Wildman–Crippen MR) is 215 cm³/mol. The maximum absolute atomic E-state index is 13.0. The van der Waals surface area contributed by atoms with Crippen LogP contribution in [0.1, 0.15) is 32.1 Å². The van der Waals surface area contributed by atoms with Crippen molar-refractivity contribution in [1.82, 2.24) is 20.4 Å². The van der Waals surface area contributed by atoms with Gasteiger partial charge in [0.2, 0.25) is 17.7 Å². The summed E-state index contributed by atoms with van der Waals surface area (Å²) in [4.78, 5) is 83.7. The molecule has 356 valence electrons. The average Bonchev–Trinajstić information content (AvgIpc) is 3.56. The fraction of sp³-hybridized carbons (Fsp3) is 0.769. The van der Waals surface area contributed by atoms with Crippen LogP contribution in [0, 0.1) is 0 Å². The lowest BCUT2D eigenvalue weighted by molar-refractivity contribution is -0.140. The van der Waals surface area contributed by atoms with E-state index in [-0.39, 0.29) is 149 Å². The minimum absolute atomic E-state index is 0.0354. The van der Waals surface area contributed by atoms with Gasteiger partial charge in [-0.15, -0.1) is 0 Å². The van der Waals surface area contributed by atoms with Crippen LogP contribution in [0.4, 0.5) is 0 Å². The van der Waals surface area contributed by atoms with Crippen molar-refractivity contribution in [2.24, 2.45) is 0 Å². The van der Waals surface area contributed by atoms with E-state index in [2.05, 4.69) is 10.6 Å². The Labute approximate surface area is 361 Å². The molecule has 0 radical (unpaired) electrons. The molecular formula is C39H66N4O19. The van der Waals surface area contributed by atoms with Crippen molar-refractivity contribution in [2.45, 2.75) is 32.1 Å². The summed E-state index contributed by atoms with van der Waals surface area (Å²) in [7, 11) is 0. The van der Waals surface area contributed by atoms with Crippen molar-refractivity contribution < 1.29 is 91.1 Å². The van der Waals surface area contributed by atoms with Crippen LogP contribution >= 0.6 is 0 Å². The summed E-state index contributed by atoms with van der Waals surface area (Å²) < 4.78 is 54.1. The fourth-order valence-corrected chi connectivity index (χ4v) is 4.81. The number of carboxylic acid groups (broad SMARTS) is 2. The quantitative estimate of drug-likeness (QED) is 0.0390. The van der Waals surface area contributed by atoms with Gasteiger partial charge in [-0.2, -0.15) is 0 Å². The van der Waals surface area contributed by atoms with Crippen LogP contribution in [0.5, 0.6) is 0 Å². The lowest BCUT2D eigenvalue weighted by Crippen LogP contribution is -2.40. The van der Waals surface area contributed by atoms with Crippen LogP contribution in [0.2, 0.25) is 0 Å². The molecule has 23 heteroatoms. The number of imide groups is 1. The van der Waals surface area contributed by atoms with Gasteiger partial charge in [-0.05, 0) is 0 Å². The van der Waals surface area contributed by atoms with Gasteiger partial charge in [-0.3, -0.25) is 38.5 Å². The zero-order chi connectivity index (χ0) is 45.3. The van der Waals surface area contributed by atoms with E-state index in [1.165, 1.54) is 12.2 Å². The molecule has 0 aliphatic carbocycles. The number of carbonyl (C=O) groups is 7. The zero-order valence-electron chi connectivity index (χ0n) is 35.6. The highest BCUT2D eigenvalue weighted by Crippen LogP contribution is 2.06. The molecule has 0 aromatic rings. The Morgan fingerprint density at radius 1 is 0.435 bits per heavy atom. The van der Waals surface area contributed by atoms with Crippen molar-refractivity contribution in [3.05, 3.63) is 12.2 Å². The molecule has 0 saturated carbocycles. The van der Waals surface area contributed by atoms with Gasteiger partial charge >= 0.3 is 11.9 Å². The standard InChI is InChI=1S/C39H66N4O19/c44-33(40-8-17-53-15-6-38(49)50)4-13-55-21-25-59-29-31-61-27-23-57-19-11-42(35(46)3-10-43-36(47)1-2-37(43)48)12-20-58-24-28-62-32-30-60-26-22-56-14-5-34(45)41-9-18-54-16-7-39(51)52/h1-2H,3-32H2,(H,40,44)(H,41,45)(H,49,50)(H,51,52). The summed E-state index contributed by atoms with van der Waals surface area (Å²) in [6.07, 6.45) is 2.48. The molecule has 62 heavy (non-hydrogen) atoms. The van der Waals surface area contributed by atoms with E-state index < -0.39 is 23.8 Å². The maximum Gasteiger partial charge on any atom is 0.305 e. The molecule has 23 nitrogen and oxygen atoms in total.